The van der Waals surface area contributed by atoms with Crippen molar-refractivity contribution in [2.45, 2.75) is 29.5 Å². The van der Waals surface area contributed by atoms with E-state index in [0.29, 0.717) is 27.7 Å². The molecule has 0 radical (unpaired) electrons. The molecule has 224 valence electrons. The number of aryl methyl sites for hydroxylation is 2. The highest BCUT2D eigenvalue weighted by atomic mass is 32.2. The van der Waals surface area contributed by atoms with E-state index in [1.807, 2.05) is 0 Å². The number of benzene rings is 1. The van der Waals surface area contributed by atoms with Gasteiger partial charge in [0.05, 0.1) is 0 Å². The molecule has 0 aliphatic carbocycles. The first-order valence-electron chi connectivity index (χ1n) is 12.9. The van der Waals surface area contributed by atoms with Crippen molar-refractivity contribution in [2.24, 2.45) is 7.05 Å². The predicted molar refractivity (Wildman–Crippen MR) is 154 cm³/mol. The molecule has 43 heavy (non-hydrogen) atoms. The summed E-state index contributed by atoms with van der Waals surface area (Å²) in [5, 5.41) is 26.3. The van der Waals surface area contributed by atoms with Gasteiger partial charge in [0.2, 0.25) is 16.5 Å². The molecule has 3 atom stereocenters. The number of fused-ring (bicyclic) bond motifs is 1. The fourth-order valence-corrected chi connectivity index (χ4v) is 6.83. The summed E-state index contributed by atoms with van der Waals surface area (Å²) in [7, 11) is 1.66. The minimum absolute atomic E-state index is 0.0516. The second-order valence-corrected chi connectivity index (χ2v) is 11.6. The molecule has 0 saturated carbocycles. The molecule has 0 spiro atoms. The molecule has 3 amide bonds. The lowest BCUT2D eigenvalue weighted by Crippen LogP contribution is -2.71. The number of hydrogen-bond donors (Lipinski definition) is 4. The van der Waals surface area contributed by atoms with Crippen molar-refractivity contribution >= 4 is 47.2 Å². The van der Waals surface area contributed by atoms with Crippen molar-refractivity contribution in [3.8, 4) is 5.75 Å². The summed E-state index contributed by atoms with van der Waals surface area (Å²) in [6.07, 6.45) is 1.35. The SMILES string of the molecule is Cc1cc(=O)c(OCC(=O)NC(C(=O)NC2C(=O)N3C(C(=O)O)=C(CSc4nnnn4C)CS[C@H]23)c2ccccc2)c[nH]1. The third kappa shape index (κ3) is 6.41. The third-order valence-corrected chi connectivity index (χ3v) is 9.02. The predicted octanol–water partition coefficient (Wildman–Crippen LogP) is -0.0260. The highest BCUT2D eigenvalue weighted by Gasteiger charge is 2.54. The molecule has 3 aromatic rings. The van der Waals surface area contributed by atoms with E-state index in [2.05, 4.69) is 31.1 Å². The van der Waals surface area contributed by atoms with Crippen LogP contribution in [0.25, 0.3) is 0 Å². The van der Waals surface area contributed by atoms with E-state index in [9.17, 15) is 29.1 Å². The lowest BCUT2D eigenvalue weighted by atomic mass is 10.0. The molecule has 2 aliphatic rings. The van der Waals surface area contributed by atoms with Crippen LogP contribution >= 0.6 is 23.5 Å². The average Bonchev–Trinajstić information content (AvgIpc) is 3.41. The zero-order valence-corrected chi connectivity index (χ0v) is 24.5. The number of thioether (sulfide) groups is 2. The molecule has 4 heterocycles. The largest absolute Gasteiger partial charge is 0.478 e. The number of carboxylic acid groups (broad SMARTS) is 1. The van der Waals surface area contributed by atoms with Gasteiger partial charge in [-0.3, -0.25) is 24.1 Å². The Balaban J connectivity index is 1.27. The van der Waals surface area contributed by atoms with Gasteiger partial charge < -0.3 is 25.5 Å². The Morgan fingerprint density at radius 1 is 1.26 bits per heavy atom. The molecule has 1 saturated heterocycles. The van der Waals surface area contributed by atoms with Gasteiger partial charge in [-0.25, -0.2) is 9.48 Å². The monoisotopic (exact) mass is 626 g/mol. The van der Waals surface area contributed by atoms with Crippen molar-refractivity contribution in [1.82, 2.24) is 40.7 Å². The van der Waals surface area contributed by atoms with Crippen molar-refractivity contribution < 1.29 is 29.0 Å². The zero-order valence-electron chi connectivity index (χ0n) is 22.8. The van der Waals surface area contributed by atoms with Gasteiger partial charge in [0.25, 0.3) is 11.8 Å². The van der Waals surface area contributed by atoms with Gasteiger partial charge in [0.1, 0.15) is 23.2 Å². The minimum atomic E-state index is -1.25. The van der Waals surface area contributed by atoms with Gasteiger partial charge in [-0.05, 0) is 28.5 Å². The van der Waals surface area contributed by atoms with Gasteiger partial charge in [-0.1, -0.05) is 42.1 Å². The van der Waals surface area contributed by atoms with E-state index in [1.54, 1.807) is 44.3 Å². The van der Waals surface area contributed by atoms with Crippen LogP contribution in [0.15, 0.2) is 63.8 Å². The van der Waals surface area contributed by atoms with Gasteiger partial charge in [-0.2, -0.15) is 0 Å². The Morgan fingerprint density at radius 2 is 2.02 bits per heavy atom. The molecule has 1 aromatic carbocycles. The van der Waals surface area contributed by atoms with Crippen molar-refractivity contribution in [1.29, 1.82) is 0 Å². The molecular formula is C26H26N8O7S2. The van der Waals surface area contributed by atoms with Crippen molar-refractivity contribution in [2.75, 3.05) is 18.1 Å². The number of nitrogens with zero attached hydrogens (tertiary/aromatic N) is 5. The van der Waals surface area contributed by atoms with E-state index in [1.165, 1.54) is 45.4 Å². The van der Waals surface area contributed by atoms with Crippen molar-refractivity contribution in [3.05, 3.63) is 75.3 Å². The van der Waals surface area contributed by atoms with Gasteiger partial charge in [0.15, 0.2) is 12.4 Å². The Kier molecular flexibility index (Phi) is 8.81. The summed E-state index contributed by atoms with van der Waals surface area (Å²) in [5.41, 5.74) is 1.08. The number of aromatic amines is 1. The molecule has 1 fully saturated rings. The highest BCUT2D eigenvalue weighted by molar-refractivity contribution is 8.01. The number of tetrazole rings is 1. The van der Waals surface area contributed by atoms with Crippen LogP contribution in [0, 0.1) is 6.92 Å². The van der Waals surface area contributed by atoms with E-state index < -0.39 is 53.2 Å². The number of pyridine rings is 1. The first-order chi connectivity index (χ1) is 20.6. The summed E-state index contributed by atoms with van der Waals surface area (Å²) < 4.78 is 6.80. The number of aromatic nitrogens is 5. The van der Waals surface area contributed by atoms with Gasteiger partial charge in [-0.15, -0.1) is 16.9 Å². The summed E-state index contributed by atoms with van der Waals surface area (Å²) in [6.45, 7) is 1.17. The Hall–Kier alpha value is -4.64. The number of hydrogen-bond acceptors (Lipinski definition) is 11. The Labute approximate surface area is 252 Å². The number of β-lactam (4-membered cyclic amide) rings is 1. The van der Waals surface area contributed by atoms with Crippen LogP contribution in [0.2, 0.25) is 0 Å². The van der Waals surface area contributed by atoms with Crippen LogP contribution in [0.3, 0.4) is 0 Å². The average molecular weight is 627 g/mol. The highest BCUT2D eigenvalue weighted by Crippen LogP contribution is 2.41. The first kappa shape index (κ1) is 29.8. The van der Waals surface area contributed by atoms with Crippen LogP contribution in [0.5, 0.6) is 5.75 Å². The number of nitrogens with one attached hydrogen (secondary N) is 3. The number of carbonyl (C=O) groups is 4. The number of ether oxygens (including phenoxy) is 1. The molecule has 2 aromatic heterocycles. The third-order valence-electron chi connectivity index (χ3n) is 6.58. The molecule has 0 bridgehead atoms. The maximum atomic E-state index is 13.5. The number of H-pyrrole nitrogens is 1. The molecule has 17 heteroatoms. The second-order valence-electron chi connectivity index (χ2n) is 9.57. The number of amides is 3. The second kappa shape index (κ2) is 12.7. The Morgan fingerprint density at radius 3 is 2.70 bits per heavy atom. The maximum Gasteiger partial charge on any atom is 0.352 e. The van der Waals surface area contributed by atoms with Gasteiger partial charge in [0, 0.05) is 36.5 Å². The van der Waals surface area contributed by atoms with E-state index in [-0.39, 0.29) is 17.2 Å². The molecule has 15 nitrogen and oxygen atoms in total. The van der Waals surface area contributed by atoms with Crippen molar-refractivity contribution in [3.63, 3.8) is 0 Å². The summed E-state index contributed by atoms with van der Waals surface area (Å²) in [6, 6.07) is 7.55. The van der Waals surface area contributed by atoms with Crippen LogP contribution in [0.1, 0.15) is 17.3 Å². The maximum absolute atomic E-state index is 13.5. The van der Waals surface area contributed by atoms with Crippen LogP contribution in [0.4, 0.5) is 0 Å². The molecule has 4 N–H and O–H groups in total. The first-order valence-corrected chi connectivity index (χ1v) is 14.9. The van der Waals surface area contributed by atoms with Crippen LogP contribution in [-0.4, -0.2) is 88.4 Å². The minimum Gasteiger partial charge on any atom is -0.478 e. The lowest BCUT2D eigenvalue weighted by molar-refractivity contribution is -0.151. The summed E-state index contributed by atoms with van der Waals surface area (Å²) >= 11 is 2.57. The van der Waals surface area contributed by atoms with E-state index in [0.717, 1.165) is 0 Å². The number of rotatable bonds is 11. The quantitative estimate of drug-likeness (QED) is 0.164. The molecular weight excluding hydrogens is 600 g/mol. The Bertz CT molecular complexity index is 1660. The fourth-order valence-electron chi connectivity index (χ4n) is 4.49. The normalized spacial score (nSPS) is 18.4. The topological polar surface area (TPSA) is 201 Å². The van der Waals surface area contributed by atoms with Gasteiger partial charge >= 0.3 is 5.97 Å². The number of carbonyl (C=O) groups excluding carboxylic acids is 3. The lowest BCUT2D eigenvalue weighted by Gasteiger charge is -2.49. The standard InChI is InChI=1S/C26H26N8O7S2/c1-13-8-16(35)17(9-27-13)41-10-18(36)28-19(14-6-4-3-5-7-14)22(37)29-20-23(38)34-21(25(39)40)15(11-42-24(20)34)12-43-26-30-31-32-33(26)2/h3-9,19-20,24H,10-12H2,1-2H3,(H,27,35)(H,28,36)(H,29,37)(H,39,40)/t19?,20?,24-/m1/s1. The molecule has 2 unspecified atom stereocenters. The van der Waals surface area contributed by atoms with Crippen LogP contribution < -0.4 is 20.8 Å². The fraction of sp³-hybridized carbons (Fsp3) is 0.308. The molecule has 5 rings (SSSR count). The number of carboxylic acids is 1. The summed E-state index contributed by atoms with van der Waals surface area (Å²) in [4.78, 5) is 67.7. The van der Waals surface area contributed by atoms with Crippen LogP contribution in [-0.2, 0) is 26.2 Å². The van der Waals surface area contributed by atoms with E-state index >= 15 is 0 Å². The summed E-state index contributed by atoms with van der Waals surface area (Å²) in [5.74, 6) is -2.64. The zero-order chi connectivity index (χ0) is 30.7. The molecule has 2 aliphatic heterocycles. The smallest absolute Gasteiger partial charge is 0.352 e. The van der Waals surface area contributed by atoms with E-state index in [4.69, 9.17) is 4.74 Å². The number of aliphatic carboxylic acids is 1.